The molecule has 2 aromatic heterocycles. The minimum absolute atomic E-state index is 0.0807. The van der Waals surface area contributed by atoms with Gasteiger partial charge >= 0.3 is 0 Å². The fourth-order valence-corrected chi connectivity index (χ4v) is 2.99. The van der Waals surface area contributed by atoms with Crippen molar-refractivity contribution in [3.05, 3.63) is 54.1 Å². The zero-order valence-electron chi connectivity index (χ0n) is 10.9. The molecule has 0 radical (unpaired) electrons. The number of pyridine rings is 2. The van der Waals surface area contributed by atoms with Crippen LogP contribution in [0.25, 0.3) is 0 Å². The van der Waals surface area contributed by atoms with Crippen LogP contribution >= 0.6 is 0 Å². The lowest BCUT2D eigenvalue weighted by Crippen LogP contribution is -2.27. The van der Waals surface area contributed by atoms with Crippen LogP contribution in [0.4, 0.5) is 0 Å². The molecule has 0 spiro atoms. The maximum atomic E-state index is 12.2. The summed E-state index contributed by atoms with van der Waals surface area (Å²) in [5, 5.41) is 0. The quantitative estimate of drug-likeness (QED) is 0.806. The van der Waals surface area contributed by atoms with Gasteiger partial charge in [0.25, 0.3) is 0 Å². The van der Waals surface area contributed by atoms with E-state index in [1.807, 2.05) is 18.2 Å². The predicted octanol–water partition coefficient (Wildman–Crippen LogP) is 0.456. The van der Waals surface area contributed by atoms with Crippen molar-refractivity contribution >= 4 is 10.0 Å². The number of hydrogen-bond donors (Lipinski definition) is 2. The molecule has 0 aliphatic rings. The number of sulfonamides is 1. The molecule has 0 unspecified atom stereocenters. The van der Waals surface area contributed by atoms with Crippen molar-refractivity contribution in [2.24, 2.45) is 5.73 Å². The second-order valence-electron chi connectivity index (χ2n) is 4.12. The van der Waals surface area contributed by atoms with Gasteiger partial charge in [0, 0.05) is 37.6 Å². The van der Waals surface area contributed by atoms with Crippen LogP contribution in [-0.2, 0) is 23.0 Å². The molecule has 20 heavy (non-hydrogen) atoms. The molecule has 0 aromatic carbocycles. The smallest absolute Gasteiger partial charge is 0.242 e. The molecular weight excluding hydrogens is 276 g/mol. The van der Waals surface area contributed by atoms with Gasteiger partial charge in [-0.15, -0.1) is 0 Å². The van der Waals surface area contributed by atoms with Gasteiger partial charge in [-0.1, -0.05) is 6.07 Å². The fraction of sp³-hybridized carbons (Fsp3) is 0.231. The summed E-state index contributed by atoms with van der Waals surface area (Å²) < 4.78 is 26.9. The van der Waals surface area contributed by atoms with Gasteiger partial charge in [0.1, 0.15) is 4.90 Å². The van der Waals surface area contributed by atoms with Crippen molar-refractivity contribution in [2.45, 2.75) is 17.9 Å². The molecule has 2 rings (SSSR count). The van der Waals surface area contributed by atoms with Gasteiger partial charge in [0.05, 0.1) is 5.69 Å². The zero-order valence-corrected chi connectivity index (χ0v) is 11.7. The molecule has 0 aliphatic heterocycles. The van der Waals surface area contributed by atoms with Crippen LogP contribution in [0.3, 0.4) is 0 Å². The highest BCUT2D eigenvalue weighted by atomic mass is 32.2. The van der Waals surface area contributed by atoms with Crippen molar-refractivity contribution < 1.29 is 8.42 Å². The van der Waals surface area contributed by atoms with Crippen LogP contribution in [-0.4, -0.2) is 24.9 Å². The summed E-state index contributed by atoms with van der Waals surface area (Å²) >= 11 is 0. The Morgan fingerprint density at radius 1 is 1.10 bits per heavy atom. The zero-order chi connectivity index (χ0) is 14.4. The van der Waals surface area contributed by atoms with E-state index in [4.69, 9.17) is 5.73 Å². The molecule has 0 bridgehead atoms. The number of nitrogens with one attached hydrogen (secondary N) is 1. The minimum atomic E-state index is -3.59. The van der Waals surface area contributed by atoms with E-state index >= 15 is 0 Å². The molecule has 0 amide bonds. The fourth-order valence-electron chi connectivity index (χ4n) is 1.76. The first-order valence-corrected chi connectivity index (χ1v) is 7.65. The Morgan fingerprint density at radius 3 is 2.60 bits per heavy atom. The lowest BCUT2D eigenvalue weighted by atomic mass is 10.3. The summed E-state index contributed by atoms with van der Waals surface area (Å²) in [6.07, 6.45) is 3.73. The normalized spacial score (nSPS) is 11.4. The third kappa shape index (κ3) is 3.60. The highest BCUT2D eigenvalue weighted by Gasteiger charge is 2.17. The first-order chi connectivity index (χ1) is 9.63. The Morgan fingerprint density at radius 2 is 1.90 bits per heavy atom. The number of hydrogen-bond acceptors (Lipinski definition) is 5. The summed E-state index contributed by atoms with van der Waals surface area (Å²) in [5.41, 5.74) is 6.70. The molecule has 0 fully saturated rings. The SMILES string of the molecule is NCc1ncccc1S(=O)(=O)NCCc1ccccn1. The van der Waals surface area contributed by atoms with E-state index in [9.17, 15) is 8.42 Å². The van der Waals surface area contributed by atoms with Gasteiger partial charge in [-0.2, -0.15) is 0 Å². The second kappa shape index (κ2) is 6.56. The first-order valence-electron chi connectivity index (χ1n) is 6.17. The highest BCUT2D eigenvalue weighted by molar-refractivity contribution is 7.89. The Bertz CT molecular complexity index is 659. The average Bonchev–Trinajstić information content (AvgIpc) is 2.48. The Labute approximate surface area is 118 Å². The van der Waals surface area contributed by atoms with Crippen molar-refractivity contribution in [1.82, 2.24) is 14.7 Å². The van der Waals surface area contributed by atoms with Crippen molar-refractivity contribution in [3.8, 4) is 0 Å². The van der Waals surface area contributed by atoms with Crippen LogP contribution in [0, 0.1) is 0 Å². The molecular formula is C13H16N4O2S. The summed E-state index contributed by atoms with van der Waals surface area (Å²) in [6, 6.07) is 8.61. The van der Waals surface area contributed by atoms with Gasteiger partial charge in [-0.3, -0.25) is 9.97 Å². The molecule has 106 valence electrons. The van der Waals surface area contributed by atoms with E-state index in [-0.39, 0.29) is 18.0 Å². The molecule has 7 heteroatoms. The van der Waals surface area contributed by atoms with Crippen LogP contribution in [0.5, 0.6) is 0 Å². The molecule has 0 saturated heterocycles. The predicted molar refractivity (Wildman–Crippen MR) is 75.3 cm³/mol. The molecule has 2 heterocycles. The maximum Gasteiger partial charge on any atom is 0.242 e. The van der Waals surface area contributed by atoms with Crippen LogP contribution in [0.15, 0.2) is 47.6 Å². The third-order valence-corrected chi connectivity index (χ3v) is 4.27. The number of aromatic nitrogens is 2. The van der Waals surface area contributed by atoms with E-state index in [1.165, 1.54) is 12.3 Å². The third-order valence-electron chi connectivity index (χ3n) is 2.73. The molecule has 6 nitrogen and oxygen atoms in total. The van der Waals surface area contributed by atoms with E-state index in [0.29, 0.717) is 12.1 Å². The average molecular weight is 292 g/mol. The van der Waals surface area contributed by atoms with Crippen LogP contribution < -0.4 is 10.5 Å². The number of rotatable bonds is 6. The molecule has 0 atom stereocenters. The summed E-state index contributed by atoms with van der Waals surface area (Å²) in [6.45, 7) is 0.357. The minimum Gasteiger partial charge on any atom is -0.325 e. The van der Waals surface area contributed by atoms with E-state index in [0.717, 1.165) is 5.69 Å². The largest absolute Gasteiger partial charge is 0.325 e. The van der Waals surface area contributed by atoms with Crippen molar-refractivity contribution in [2.75, 3.05) is 6.54 Å². The van der Waals surface area contributed by atoms with E-state index < -0.39 is 10.0 Å². The summed E-state index contributed by atoms with van der Waals surface area (Å²) in [4.78, 5) is 8.24. The first kappa shape index (κ1) is 14.6. The van der Waals surface area contributed by atoms with Gasteiger partial charge in [-0.05, 0) is 24.3 Å². The van der Waals surface area contributed by atoms with Crippen molar-refractivity contribution in [1.29, 1.82) is 0 Å². The molecule has 0 saturated carbocycles. The molecule has 0 aliphatic carbocycles. The summed E-state index contributed by atoms with van der Waals surface area (Å²) in [7, 11) is -3.59. The van der Waals surface area contributed by atoms with E-state index in [1.54, 1.807) is 12.3 Å². The Hall–Kier alpha value is -1.83. The Balaban J connectivity index is 2.04. The highest BCUT2D eigenvalue weighted by Crippen LogP contribution is 2.11. The topological polar surface area (TPSA) is 98.0 Å². The molecule has 2 aromatic rings. The standard InChI is InChI=1S/C13H16N4O2S/c14-10-12-13(5-3-8-16-12)20(18,19)17-9-6-11-4-1-2-7-15-11/h1-5,7-8,17H,6,9-10,14H2. The van der Waals surface area contributed by atoms with Gasteiger partial charge < -0.3 is 5.73 Å². The number of nitrogens with zero attached hydrogens (tertiary/aromatic N) is 2. The van der Waals surface area contributed by atoms with Gasteiger partial charge in [0.15, 0.2) is 0 Å². The summed E-state index contributed by atoms with van der Waals surface area (Å²) in [5.74, 6) is 0. The van der Waals surface area contributed by atoms with Gasteiger partial charge in [-0.25, -0.2) is 13.1 Å². The second-order valence-corrected chi connectivity index (χ2v) is 5.86. The van der Waals surface area contributed by atoms with Crippen LogP contribution in [0.1, 0.15) is 11.4 Å². The van der Waals surface area contributed by atoms with E-state index in [2.05, 4.69) is 14.7 Å². The lowest BCUT2D eigenvalue weighted by molar-refractivity contribution is 0.579. The Kier molecular flexibility index (Phi) is 4.78. The molecule has 3 N–H and O–H groups in total. The lowest BCUT2D eigenvalue weighted by Gasteiger charge is -2.09. The number of nitrogens with two attached hydrogens (primary N) is 1. The van der Waals surface area contributed by atoms with Crippen molar-refractivity contribution in [3.63, 3.8) is 0 Å². The van der Waals surface area contributed by atoms with Crippen LogP contribution in [0.2, 0.25) is 0 Å². The monoisotopic (exact) mass is 292 g/mol. The van der Waals surface area contributed by atoms with Gasteiger partial charge in [0.2, 0.25) is 10.0 Å². The maximum absolute atomic E-state index is 12.2.